The van der Waals surface area contributed by atoms with Crippen LogP contribution in [0, 0.1) is 6.92 Å². The quantitative estimate of drug-likeness (QED) is 0.859. The average Bonchev–Trinajstić information content (AvgIpc) is 2.98. The molecule has 2 N–H and O–H groups in total. The van der Waals surface area contributed by atoms with Crippen molar-refractivity contribution in [2.45, 2.75) is 45.7 Å². The van der Waals surface area contributed by atoms with Crippen LogP contribution in [0.1, 0.15) is 31.9 Å². The molecule has 0 bridgehead atoms. The van der Waals surface area contributed by atoms with Crippen LogP contribution in [0.5, 0.6) is 0 Å². The maximum Gasteiger partial charge on any atom is 0.315 e. The number of aromatic nitrogens is 3. The molecule has 1 heterocycles. The number of hydrogen-bond acceptors (Lipinski definition) is 3. The minimum Gasteiger partial charge on any atom is -0.337 e. The lowest BCUT2D eigenvalue weighted by molar-refractivity contribution is 0.233. The van der Waals surface area contributed by atoms with Crippen LogP contribution in [0.15, 0.2) is 36.9 Å². The van der Waals surface area contributed by atoms with E-state index in [1.807, 2.05) is 6.92 Å². The molecule has 0 radical (unpaired) electrons. The van der Waals surface area contributed by atoms with Crippen molar-refractivity contribution in [3.05, 3.63) is 48.0 Å². The van der Waals surface area contributed by atoms with Crippen molar-refractivity contribution < 1.29 is 4.79 Å². The molecule has 0 aliphatic heterocycles. The second-order valence-electron chi connectivity index (χ2n) is 6.60. The molecule has 1 atom stereocenters. The SMILES string of the molecule is Cc1ccc(C(C)(C)CNC(=O)N[C@H](C)Cn2cncn2)cc1. The maximum atomic E-state index is 12.0. The number of aryl methyl sites for hydroxylation is 1. The second kappa shape index (κ2) is 7.26. The number of hydrogen-bond donors (Lipinski definition) is 2. The molecule has 2 aromatic rings. The predicted octanol–water partition coefficient (Wildman–Crippen LogP) is 2.25. The molecular formula is C17H25N5O. The summed E-state index contributed by atoms with van der Waals surface area (Å²) in [5.74, 6) is 0. The molecule has 0 aliphatic rings. The Morgan fingerprint density at radius 1 is 1.30 bits per heavy atom. The summed E-state index contributed by atoms with van der Waals surface area (Å²) in [4.78, 5) is 15.9. The Morgan fingerprint density at radius 3 is 2.61 bits per heavy atom. The molecule has 23 heavy (non-hydrogen) atoms. The van der Waals surface area contributed by atoms with Crippen molar-refractivity contribution in [2.24, 2.45) is 0 Å². The van der Waals surface area contributed by atoms with E-state index in [-0.39, 0.29) is 17.5 Å². The predicted molar refractivity (Wildman–Crippen MR) is 90.2 cm³/mol. The molecule has 2 rings (SSSR count). The normalized spacial score (nSPS) is 12.7. The molecular weight excluding hydrogens is 290 g/mol. The Labute approximate surface area is 137 Å². The van der Waals surface area contributed by atoms with E-state index in [2.05, 4.69) is 65.8 Å². The van der Waals surface area contributed by atoms with Crippen molar-refractivity contribution in [3.8, 4) is 0 Å². The topological polar surface area (TPSA) is 71.8 Å². The zero-order valence-electron chi connectivity index (χ0n) is 14.2. The third-order valence-electron chi connectivity index (χ3n) is 3.83. The minimum atomic E-state index is -0.169. The minimum absolute atomic E-state index is 0.0285. The number of urea groups is 1. The van der Waals surface area contributed by atoms with Gasteiger partial charge in [0.15, 0.2) is 0 Å². The number of rotatable bonds is 6. The van der Waals surface area contributed by atoms with Gasteiger partial charge in [0, 0.05) is 18.0 Å². The number of amides is 2. The first kappa shape index (κ1) is 17.0. The first-order chi connectivity index (χ1) is 10.9. The van der Waals surface area contributed by atoms with Crippen molar-refractivity contribution in [2.75, 3.05) is 6.54 Å². The smallest absolute Gasteiger partial charge is 0.315 e. The highest BCUT2D eigenvalue weighted by Crippen LogP contribution is 2.22. The molecule has 0 unspecified atom stereocenters. The zero-order chi connectivity index (χ0) is 16.9. The molecule has 0 spiro atoms. The summed E-state index contributed by atoms with van der Waals surface area (Å²) in [6.45, 7) is 9.41. The molecule has 0 fully saturated rings. The fourth-order valence-corrected chi connectivity index (χ4v) is 2.34. The van der Waals surface area contributed by atoms with E-state index in [1.165, 1.54) is 17.5 Å². The van der Waals surface area contributed by atoms with Crippen LogP contribution < -0.4 is 10.6 Å². The fourth-order valence-electron chi connectivity index (χ4n) is 2.34. The van der Waals surface area contributed by atoms with E-state index >= 15 is 0 Å². The number of benzene rings is 1. The molecule has 0 saturated carbocycles. The van der Waals surface area contributed by atoms with Gasteiger partial charge in [-0.1, -0.05) is 43.7 Å². The fraction of sp³-hybridized carbons (Fsp3) is 0.471. The lowest BCUT2D eigenvalue weighted by atomic mass is 9.84. The third-order valence-corrected chi connectivity index (χ3v) is 3.83. The Kier molecular flexibility index (Phi) is 5.36. The maximum absolute atomic E-state index is 12.0. The monoisotopic (exact) mass is 315 g/mol. The summed E-state index contributed by atoms with van der Waals surface area (Å²) in [5.41, 5.74) is 2.32. The van der Waals surface area contributed by atoms with E-state index in [9.17, 15) is 4.79 Å². The van der Waals surface area contributed by atoms with Crippen LogP contribution in [-0.2, 0) is 12.0 Å². The second-order valence-corrected chi connectivity index (χ2v) is 6.60. The third kappa shape index (κ3) is 5.09. The summed E-state index contributed by atoms with van der Waals surface area (Å²) < 4.78 is 1.70. The van der Waals surface area contributed by atoms with Gasteiger partial charge in [0.05, 0.1) is 6.54 Å². The Balaban J connectivity index is 1.82. The van der Waals surface area contributed by atoms with E-state index in [0.29, 0.717) is 13.1 Å². The number of nitrogens with one attached hydrogen (secondary N) is 2. The highest BCUT2D eigenvalue weighted by atomic mass is 16.2. The molecule has 1 aromatic carbocycles. The lowest BCUT2D eigenvalue weighted by Gasteiger charge is -2.26. The van der Waals surface area contributed by atoms with Gasteiger partial charge in [-0.3, -0.25) is 4.68 Å². The lowest BCUT2D eigenvalue weighted by Crippen LogP contribution is -2.46. The summed E-state index contributed by atoms with van der Waals surface area (Å²) in [7, 11) is 0. The standard InChI is InChI=1S/C17H25N5O/c1-13-5-7-15(8-6-13)17(3,4)10-19-16(23)21-14(2)9-22-12-18-11-20-22/h5-8,11-12,14H,9-10H2,1-4H3,(H2,19,21,23)/t14-/m1/s1. The molecule has 0 saturated heterocycles. The summed E-state index contributed by atoms with van der Waals surface area (Å²) in [6.07, 6.45) is 3.12. The van der Waals surface area contributed by atoms with Gasteiger partial charge in [-0.2, -0.15) is 5.10 Å². The molecule has 6 nitrogen and oxygen atoms in total. The highest BCUT2D eigenvalue weighted by molar-refractivity contribution is 5.74. The summed E-state index contributed by atoms with van der Waals surface area (Å²) >= 11 is 0. The Bertz CT molecular complexity index is 619. The van der Waals surface area contributed by atoms with Gasteiger partial charge in [0.2, 0.25) is 0 Å². The highest BCUT2D eigenvalue weighted by Gasteiger charge is 2.21. The first-order valence-electron chi connectivity index (χ1n) is 7.81. The van der Waals surface area contributed by atoms with Gasteiger partial charge in [0.25, 0.3) is 0 Å². The van der Waals surface area contributed by atoms with E-state index < -0.39 is 0 Å². The van der Waals surface area contributed by atoms with Gasteiger partial charge in [-0.05, 0) is 19.4 Å². The van der Waals surface area contributed by atoms with Crippen LogP contribution in [0.4, 0.5) is 4.79 Å². The van der Waals surface area contributed by atoms with Gasteiger partial charge in [0.1, 0.15) is 12.7 Å². The van der Waals surface area contributed by atoms with Crippen molar-refractivity contribution in [1.82, 2.24) is 25.4 Å². The van der Waals surface area contributed by atoms with Crippen LogP contribution in [0.25, 0.3) is 0 Å². The van der Waals surface area contributed by atoms with E-state index in [1.54, 1.807) is 11.0 Å². The van der Waals surface area contributed by atoms with Crippen LogP contribution in [0.3, 0.4) is 0 Å². The summed E-state index contributed by atoms with van der Waals surface area (Å²) in [5, 5.41) is 9.89. The Morgan fingerprint density at radius 2 is 2.00 bits per heavy atom. The van der Waals surface area contributed by atoms with E-state index in [4.69, 9.17) is 0 Å². The molecule has 0 aliphatic carbocycles. The average molecular weight is 315 g/mol. The van der Waals surface area contributed by atoms with E-state index in [0.717, 1.165) is 0 Å². The van der Waals surface area contributed by atoms with Crippen LogP contribution in [-0.4, -0.2) is 33.4 Å². The Hall–Kier alpha value is -2.37. The molecule has 1 aromatic heterocycles. The number of carbonyl (C=O) groups is 1. The van der Waals surface area contributed by atoms with Crippen molar-refractivity contribution >= 4 is 6.03 Å². The summed E-state index contributed by atoms with van der Waals surface area (Å²) in [6, 6.07) is 8.22. The number of carbonyl (C=O) groups excluding carboxylic acids is 1. The van der Waals surface area contributed by atoms with Crippen molar-refractivity contribution in [3.63, 3.8) is 0 Å². The van der Waals surface area contributed by atoms with Crippen LogP contribution in [0.2, 0.25) is 0 Å². The van der Waals surface area contributed by atoms with Gasteiger partial charge in [-0.25, -0.2) is 9.78 Å². The van der Waals surface area contributed by atoms with Gasteiger partial charge >= 0.3 is 6.03 Å². The van der Waals surface area contributed by atoms with Crippen molar-refractivity contribution in [1.29, 1.82) is 0 Å². The van der Waals surface area contributed by atoms with Crippen LogP contribution >= 0.6 is 0 Å². The molecule has 124 valence electrons. The van der Waals surface area contributed by atoms with Gasteiger partial charge in [-0.15, -0.1) is 0 Å². The largest absolute Gasteiger partial charge is 0.337 e. The molecule has 6 heteroatoms. The first-order valence-corrected chi connectivity index (χ1v) is 7.81. The zero-order valence-corrected chi connectivity index (χ0v) is 14.2. The molecule has 2 amide bonds. The number of nitrogens with zero attached hydrogens (tertiary/aromatic N) is 3. The van der Waals surface area contributed by atoms with Gasteiger partial charge < -0.3 is 10.6 Å².